The topological polar surface area (TPSA) is 79.3 Å². The molecule has 1 aromatic rings. The summed E-state index contributed by atoms with van der Waals surface area (Å²) in [6, 6.07) is 3.34. The van der Waals surface area contributed by atoms with Crippen molar-refractivity contribution in [3.63, 3.8) is 0 Å². The zero-order valence-electron chi connectivity index (χ0n) is 10.2. The van der Waals surface area contributed by atoms with E-state index >= 15 is 0 Å². The smallest absolute Gasteiger partial charge is 0.306 e. The molecule has 1 heterocycles. The van der Waals surface area contributed by atoms with Crippen LogP contribution >= 0.6 is 0 Å². The molecule has 2 atom stereocenters. The van der Waals surface area contributed by atoms with Gasteiger partial charge in [-0.25, -0.2) is 0 Å². The molecule has 0 bridgehead atoms. The monoisotopic (exact) mass is 248 g/mol. The highest BCUT2D eigenvalue weighted by Gasteiger charge is 2.30. The third-order valence-corrected chi connectivity index (χ3v) is 3.28. The Bertz CT molecular complexity index is 473. The molecule has 0 aromatic carbocycles. The molecule has 0 saturated heterocycles. The van der Waals surface area contributed by atoms with Crippen LogP contribution in [0.1, 0.15) is 35.3 Å². The maximum atomic E-state index is 11.9. The number of aromatic nitrogens is 1. The van der Waals surface area contributed by atoms with Crippen molar-refractivity contribution in [1.29, 1.82) is 0 Å². The van der Waals surface area contributed by atoms with Crippen LogP contribution in [0.2, 0.25) is 0 Å². The number of carboxylic acid groups (broad SMARTS) is 1. The average Bonchev–Trinajstić information content (AvgIpc) is 2.77. The van der Waals surface area contributed by atoms with Gasteiger partial charge in [0.05, 0.1) is 5.92 Å². The van der Waals surface area contributed by atoms with Crippen molar-refractivity contribution < 1.29 is 14.7 Å². The van der Waals surface area contributed by atoms with Gasteiger partial charge in [0.25, 0.3) is 5.91 Å². The second-order valence-corrected chi connectivity index (χ2v) is 4.70. The van der Waals surface area contributed by atoms with Crippen LogP contribution in [0.15, 0.2) is 18.3 Å². The number of amides is 1. The molecule has 2 rings (SSSR count). The number of nitrogens with one attached hydrogen (secondary N) is 1. The minimum absolute atomic E-state index is 0.0351. The first-order valence-electron chi connectivity index (χ1n) is 6.02. The predicted molar refractivity (Wildman–Crippen MR) is 65.2 cm³/mol. The summed E-state index contributed by atoms with van der Waals surface area (Å²) in [7, 11) is 0. The van der Waals surface area contributed by atoms with Gasteiger partial charge in [0.2, 0.25) is 0 Å². The lowest BCUT2D eigenvalue weighted by Crippen LogP contribution is -2.33. The standard InChI is InChI=1S/C13H16N2O3/c1-8-6-9(4-5-14-8)12(16)15-11-3-2-10(7-11)13(17)18/h4-6,10-11H,2-3,7H2,1H3,(H,15,16)(H,17,18)/t10-,11+/m1/s1. The van der Waals surface area contributed by atoms with E-state index in [0.29, 0.717) is 18.4 Å². The SMILES string of the molecule is Cc1cc(C(=O)N[C@H]2CC[C@@H](C(=O)O)C2)ccn1. The minimum atomic E-state index is -0.772. The zero-order chi connectivity index (χ0) is 13.1. The van der Waals surface area contributed by atoms with Crippen molar-refractivity contribution in [2.45, 2.75) is 32.2 Å². The van der Waals surface area contributed by atoms with Crippen LogP contribution < -0.4 is 5.32 Å². The van der Waals surface area contributed by atoms with E-state index in [-0.39, 0.29) is 17.9 Å². The molecule has 0 aliphatic heterocycles. The van der Waals surface area contributed by atoms with E-state index in [4.69, 9.17) is 5.11 Å². The number of carbonyl (C=O) groups is 2. The van der Waals surface area contributed by atoms with Crippen molar-refractivity contribution in [2.75, 3.05) is 0 Å². The van der Waals surface area contributed by atoms with Gasteiger partial charge in [-0.05, 0) is 38.3 Å². The highest BCUT2D eigenvalue weighted by atomic mass is 16.4. The second-order valence-electron chi connectivity index (χ2n) is 4.70. The van der Waals surface area contributed by atoms with Gasteiger partial charge in [0, 0.05) is 23.5 Å². The molecule has 0 unspecified atom stereocenters. The average molecular weight is 248 g/mol. The fourth-order valence-corrected chi connectivity index (χ4v) is 2.29. The number of hydrogen-bond donors (Lipinski definition) is 2. The summed E-state index contributed by atoms with van der Waals surface area (Å²) in [4.78, 5) is 26.8. The van der Waals surface area contributed by atoms with Crippen molar-refractivity contribution in [3.05, 3.63) is 29.6 Å². The number of pyridine rings is 1. The maximum Gasteiger partial charge on any atom is 0.306 e. The molecule has 96 valence electrons. The summed E-state index contributed by atoms with van der Waals surface area (Å²) >= 11 is 0. The lowest BCUT2D eigenvalue weighted by molar-refractivity contribution is -0.141. The largest absolute Gasteiger partial charge is 0.481 e. The maximum absolute atomic E-state index is 11.9. The Kier molecular flexibility index (Phi) is 3.60. The minimum Gasteiger partial charge on any atom is -0.481 e. The summed E-state index contributed by atoms with van der Waals surface area (Å²) in [5.41, 5.74) is 1.36. The van der Waals surface area contributed by atoms with E-state index < -0.39 is 5.97 Å². The summed E-state index contributed by atoms with van der Waals surface area (Å²) in [5, 5.41) is 11.8. The number of carboxylic acids is 1. The van der Waals surface area contributed by atoms with Gasteiger partial charge < -0.3 is 10.4 Å². The Balaban J connectivity index is 1.95. The van der Waals surface area contributed by atoms with Crippen molar-refractivity contribution in [1.82, 2.24) is 10.3 Å². The Morgan fingerprint density at radius 2 is 2.22 bits per heavy atom. The van der Waals surface area contributed by atoms with E-state index in [0.717, 1.165) is 12.1 Å². The highest BCUT2D eigenvalue weighted by molar-refractivity contribution is 5.94. The van der Waals surface area contributed by atoms with Gasteiger partial charge in [-0.1, -0.05) is 0 Å². The third-order valence-electron chi connectivity index (χ3n) is 3.28. The van der Waals surface area contributed by atoms with Gasteiger partial charge in [0.1, 0.15) is 0 Å². The lowest BCUT2D eigenvalue weighted by Gasteiger charge is -2.12. The van der Waals surface area contributed by atoms with E-state index in [9.17, 15) is 9.59 Å². The Morgan fingerprint density at radius 1 is 1.44 bits per heavy atom. The first kappa shape index (κ1) is 12.5. The first-order valence-corrected chi connectivity index (χ1v) is 6.02. The Hall–Kier alpha value is -1.91. The van der Waals surface area contributed by atoms with Gasteiger partial charge in [-0.15, -0.1) is 0 Å². The third kappa shape index (κ3) is 2.85. The molecule has 1 fully saturated rings. The van der Waals surface area contributed by atoms with Gasteiger partial charge in [-0.2, -0.15) is 0 Å². The summed E-state index contributed by atoms with van der Waals surface area (Å²) < 4.78 is 0. The highest BCUT2D eigenvalue weighted by Crippen LogP contribution is 2.25. The quantitative estimate of drug-likeness (QED) is 0.846. The van der Waals surface area contributed by atoms with E-state index in [1.165, 1.54) is 0 Å². The van der Waals surface area contributed by atoms with Crippen molar-refractivity contribution in [3.8, 4) is 0 Å². The molecule has 1 aliphatic rings. The second kappa shape index (κ2) is 5.16. The predicted octanol–water partition coefficient (Wildman–Crippen LogP) is 1.37. The summed E-state index contributed by atoms with van der Waals surface area (Å²) in [6.07, 6.45) is 3.48. The van der Waals surface area contributed by atoms with Crippen molar-refractivity contribution >= 4 is 11.9 Å². The fourth-order valence-electron chi connectivity index (χ4n) is 2.29. The van der Waals surface area contributed by atoms with Crippen LogP contribution in [-0.2, 0) is 4.79 Å². The summed E-state index contributed by atoms with van der Waals surface area (Å²) in [5.74, 6) is -1.25. The molecule has 0 spiro atoms. The van der Waals surface area contributed by atoms with Crippen LogP contribution in [-0.4, -0.2) is 28.0 Å². The number of aliphatic carboxylic acids is 1. The fraction of sp³-hybridized carbons (Fsp3) is 0.462. The number of aryl methyl sites for hydroxylation is 1. The van der Waals surface area contributed by atoms with Crippen LogP contribution in [0.5, 0.6) is 0 Å². The molecular weight excluding hydrogens is 232 g/mol. The van der Waals surface area contributed by atoms with E-state index in [1.54, 1.807) is 18.3 Å². The molecule has 1 saturated carbocycles. The van der Waals surface area contributed by atoms with Gasteiger partial charge >= 0.3 is 5.97 Å². The Morgan fingerprint density at radius 3 is 2.83 bits per heavy atom. The molecule has 1 aromatic heterocycles. The molecule has 2 N–H and O–H groups in total. The van der Waals surface area contributed by atoms with E-state index in [2.05, 4.69) is 10.3 Å². The normalized spacial score (nSPS) is 22.7. The number of rotatable bonds is 3. The molecule has 5 nitrogen and oxygen atoms in total. The van der Waals surface area contributed by atoms with Crippen LogP contribution in [0.25, 0.3) is 0 Å². The van der Waals surface area contributed by atoms with Crippen LogP contribution in [0.3, 0.4) is 0 Å². The summed E-state index contributed by atoms with van der Waals surface area (Å²) in [6.45, 7) is 1.83. The van der Waals surface area contributed by atoms with Gasteiger partial charge in [-0.3, -0.25) is 14.6 Å². The van der Waals surface area contributed by atoms with Crippen LogP contribution in [0.4, 0.5) is 0 Å². The zero-order valence-corrected chi connectivity index (χ0v) is 10.2. The molecule has 0 radical (unpaired) electrons. The van der Waals surface area contributed by atoms with Gasteiger partial charge in [0.15, 0.2) is 0 Å². The first-order chi connectivity index (χ1) is 8.56. The molecule has 1 amide bonds. The number of carbonyl (C=O) groups excluding carboxylic acids is 1. The molecular formula is C13H16N2O3. The number of nitrogens with zero attached hydrogens (tertiary/aromatic N) is 1. The lowest BCUT2D eigenvalue weighted by atomic mass is 10.1. The molecule has 5 heteroatoms. The Labute approximate surface area is 105 Å². The molecule has 18 heavy (non-hydrogen) atoms. The van der Waals surface area contributed by atoms with Crippen molar-refractivity contribution in [2.24, 2.45) is 5.92 Å². The van der Waals surface area contributed by atoms with Crippen LogP contribution in [0, 0.1) is 12.8 Å². The number of hydrogen-bond acceptors (Lipinski definition) is 3. The molecule has 1 aliphatic carbocycles. The van der Waals surface area contributed by atoms with E-state index in [1.807, 2.05) is 6.92 Å².